The van der Waals surface area contributed by atoms with Gasteiger partial charge in [-0.25, -0.2) is 14.4 Å². The van der Waals surface area contributed by atoms with Crippen LogP contribution in [-0.4, -0.2) is 42.1 Å². The molecule has 4 rings (SSSR count). The SMILES string of the molecule is Cc1nc(NCc2ccccc2F)cc(N2CCC3(CC2)OCCO3)n1. The molecule has 0 radical (unpaired) electrons. The Morgan fingerprint density at radius 2 is 1.88 bits per heavy atom. The second-order valence-electron chi connectivity index (χ2n) is 6.70. The van der Waals surface area contributed by atoms with Gasteiger partial charge in [-0.3, -0.25) is 0 Å². The zero-order valence-electron chi connectivity index (χ0n) is 14.9. The molecule has 2 aliphatic heterocycles. The molecule has 26 heavy (non-hydrogen) atoms. The normalized spacial score (nSPS) is 19.1. The summed E-state index contributed by atoms with van der Waals surface area (Å²) in [7, 11) is 0. The number of benzene rings is 1. The zero-order valence-corrected chi connectivity index (χ0v) is 14.9. The first kappa shape index (κ1) is 17.2. The van der Waals surface area contributed by atoms with Gasteiger partial charge in [0.1, 0.15) is 23.3 Å². The quantitative estimate of drug-likeness (QED) is 0.907. The van der Waals surface area contributed by atoms with Crippen molar-refractivity contribution in [2.24, 2.45) is 0 Å². The number of hydrogen-bond acceptors (Lipinski definition) is 6. The van der Waals surface area contributed by atoms with E-state index in [1.807, 2.05) is 19.1 Å². The number of aromatic nitrogens is 2. The maximum atomic E-state index is 13.8. The van der Waals surface area contributed by atoms with Crippen LogP contribution in [0.5, 0.6) is 0 Å². The van der Waals surface area contributed by atoms with Crippen molar-refractivity contribution < 1.29 is 13.9 Å². The van der Waals surface area contributed by atoms with Crippen LogP contribution in [0.2, 0.25) is 0 Å². The molecular weight excluding hydrogens is 335 g/mol. The smallest absolute Gasteiger partial charge is 0.171 e. The van der Waals surface area contributed by atoms with Crippen LogP contribution in [-0.2, 0) is 16.0 Å². The third kappa shape index (κ3) is 3.64. The molecule has 2 aliphatic rings. The van der Waals surface area contributed by atoms with Crippen LogP contribution in [0.1, 0.15) is 24.2 Å². The number of nitrogens with zero attached hydrogens (tertiary/aromatic N) is 3. The van der Waals surface area contributed by atoms with Gasteiger partial charge in [0.25, 0.3) is 0 Å². The number of halogens is 1. The fraction of sp³-hybridized carbons (Fsp3) is 0.474. The maximum Gasteiger partial charge on any atom is 0.171 e. The maximum absolute atomic E-state index is 13.8. The van der Waals surface area contributed by atoms with E-state index in [1.165, 1.54) is 6.07 Å². The van der Waals surface area contributed by atoms with Crippen LogP contribution in [0.15, 0.2) is 30.3 Å². The lowest BCUT2D eigenvalue weighted by Crippen LogP contribution is -2.45. The highest BCUT2D eigenvalue weighted by atomic mass is 19.1. The Hall–Kier alpha value is -2.25. The van der Waals surface area contributed by atoms with E-state index in [4.69, 9.17) is 9.47 Å². The van der Waals surface area contributed by atoms with E-state index in [0.29, 0.717) is 37.0 Å². The topological polar surface area (TPSA) is 59.5 Å². The number of aryl methyl sites for hydroxylation is 1. The fourth-order valence-corrected chi connectivity index (χ4v) is 3.49. The average molecular weight is 358 g/mol. The molecule has 0 unspecified atom stereocenters. The van der Waals surface area contributed by atoms with Crippen LogP contribution in [0.25, 0.3) is 0 Å². The average Bonchev–Trinajstić information content (AvgIpc) is 3.09. The molecule has 0 amide bonds. The van der Waals surface area contributed by atoms with Gasteiger partial charge in [-0.05, 0) is 13.0 Å². The summed E-state index contributed by atoms with van der Waals surface area (Å²) < 4.78 is 25.3. The third-order valence-corrected chi connectivity index (χ3v) is 4.91. The first-order valence-corrected chi connectivity index (χ1v) is 8.99. The molecule has 2 aromatic rings. The summed E-state index contributed by atoms with van der Waals surface area (Å²) in [5.74, 6) is 1.65. The van der Waals surface area contributed by atoms with E-state index in [2.05, 4.69) is 20.2 Å². The molecular formula is C19H23FN4O2. The summed E-state index contributed by atoms with van der Waals surface area (Å²) in [6.45, 7) is 5.25. The van der Waals surface area contributed by atoms with Gasteiger partial charge in [-0.15, -0.1) is 0 Å². The highest BCUT2D eigenvalue weighted by Crippen LogP contribution is 2.33. The van der Waals surface area contributed by atoms with Crippen molar-refractivity contribution in [2.45, 2.75) is 32.1 Å². The Bertz CT molecular complexity index is 770. The van der Waals surface area contributed by atoms with Crippen molar-refractivity contribution >= 4 is 11.6 Å². The lowest BCUT2D eigenvalue weighted by molar-refractivity contribution is -0.169. The van der Waals surface area contributed by atoms with Gasteiger partial charge in [0.2, 0.25) is 0 Å². The number of anilines is 2. The molecule has 7 heteroatoms. The van der Waals surface area contributed by atoms with Gasteiger partial charge in [-0.1, -0.05) is 18.2 Å². The van der Waals surface area contributed by atoms with E-state index >= 15 is 0 Å². The van der Waals surface area contributed by atoms with E-state index in [0.717, 1.165) is 31.7 Å². The van der Waals surface area contributed by atoms with Gasteiger partial charge in [-0.2, -0.15) is 0 Å². The number of rotatable bonds is 4. The van der Waals surface area contributed by atoms with E-state index < -0.39 is 5.79 Å². The zero-order chi connectivity index (χ0) is 18.0. The Kier molecular flexibility index (Phi) is 4.74. The Morgan fingerprint density at radius 1 is 1.15 bits per heavy atom. The minimum Gasteiger partial charge on any atom is -0.366 e. The number of hydrogen-bond donors (Lipinski definition) is 1. The molecule has 1 N–H and O–H groups in total. The number of nitrogens with one attached hydrogen (secondary N) is 1. The van der Waals surface area contributed by atoms with Crippen LogP contribution in [0, 0.1) is 12.7 Å². The molecule has 1 aromatic heterocycles. The molecule has 3 heterocycles. The molecule has 2 saturated heterocycles. The molecule has 0 bridgehead atoms. The van der Waals surface area contributed by atoms with E-state index in [1.54, 1.807) is 12.1 Å². The molecule has 0 saturated carbocycles. The molecule has 0 aliphatic carbocycles. The molecule has 1 spiro atoms. The van der Waals surface area contributed by atoms with Crippen molar-refractivity contribution in [3.05, 3.63) is 47.5 Å². The third-order valence-electron chi connectivity index (χ3n) is 4.91. The predicted octanol–water partition coefficient (Wildman–Crippen LogP) is 2.88. The molecule has 2 fully saturated rings. The van der Waals surface area contributed by atoms with Crippen molar-refractivity contribution in [2.75, 3.05) is 36.5 Å². The Balaban J connectivity index is 1.44. The van der Waals surface area contributed by atoms with Gasteiger partial charge >= 0.3 is 0 Å². The fourth-order valence-electron chi connectivity index (χ4n) is 3.49. The van der Waals surface area contributed by atoms with E-state index in [9.17, 15) is 4.39 Å². The van der Waals surface area contributed by atoms with Crippen molar-refractivity contribution in [1.29, 1.82) is 0 Å². The van der Waals surface area contributed by atoms with Gasteiger partial charge in [0.15, 0.2) is 5.79 Å². The summed E-state index contributed by atoms with van der Waals surface area (Å²) in [6, 6.07) is 8.66. The molecule has 1 aromatic carbocycles. The van der Waals surface area contributed by atoms with E-state index in [-0.39, 0.29) is 5.82 Å². The van der Waals surface area contributed by atoms with Crippen LogP contribution >= 0.6 is 0 Å². The summed E-state index contributed by atoms with van der Waals surface area (Å²) in [5, 5.41) is 3.20. The molecule has 6 nitrogen and oxygen atoms in total. The standard InChI is InChI=1S/C19H23FN4O2/c1-14-22-17(21-13-15-4-2-3-5-16(15)20)12-18(23-14)24-8-6-19(7-9-24)25-10-11-26-19/h2-5,12H,6-11,13H2,1H3,(H,21,22,23). The first-order valence-electron chi connectivity index (χ1n) is 8.99. The summed E-state index contributed by atoms with van der Waals surface area (Å²) in [6.07, 6.45) is 1.65. The number of ether oxygens (including phenoxy) is 2. The largest absolute Gasteiger partial charge is 0.366 e. The molecule has 0 atom stereocenters. The lowest BCUT2D eigenvalue weighted by atomic mass is 10.0. The minimum absolute atomic E-state index is 0.219. The number of piperidine rings is 1. The summed E-state index contributed by atoms with van der Waals surface area (Å²) in [5.41, 5.74) is 0.612. The Labute approximate surface area is 152 Å². The van der Waals surface area contributed by atoms with Crippen molar-refractivity contribution in [3.63, 3.8) is 0 Å². The van der Waals surface area contributed by atoms with Crippen molar-refractivity contribution in [3.8, 4) is 0 Å². The van der Waals surface area contributed by atoms with Crippen LogP contribution < -0.4 is 10.2 Å². The van der Waals surface area contributed by atoms with Gasteiger partial charge < -0.3 is 19.7 Å². The first-order chi connectivity index (χ1) is 12.6. The second-order valence-corrected chi connectivity index (χ2v) is 6.70. The monoisotopic (exact) mass is 358 g/mol. The van der Waals surface area contributed by atoms with Crippen molar-refractivity contribution in [1.82, 2.24) is 9.97 Å². The van der Waals surface area contributed by atoms with Gasteiger partial charge in [0.05, 0.1) is 13.2 Å². The molecule has 138 valence electrons. The predicted molar refractivity (Wildman–Crippen MR) is 96.6 cm³/mol. The summed E-state index contributed by atoms with van der Waals surface area (Å²) >= 11 is 0. The summed E-state index contributed by atoms with van der Waals surface area (Å²) in [4.78, 5) is 11.2. The minimum atomic E-state index is -0.398. The highest BCUT2D eigenvalue weighted by molar-refractivity contribution is 5.50. The Morgan fingerprint density at radius 3 is 2.62 bits per heavy atom. The highest BCUT2D eigenvalue weighted by Gasteiger charge is 2.40. The lowest BCUT2D eigenvalue weighted by Gasteiger charge is -2.38. The van der Waals surface area contributed by atoms with Crippen LogP contribution in [0.4, 0.5) is 16.0 Å². The van der Waals surface area contributed by atoms with Gasteiger partial charge in [0, 0.05) is 44.1 Å². The van der Waals surface area contributed by atoms with Crippen LogP contribution in [0.3, 0.4) is 0 Å². The second kappa shape index (κ2) is 7.17.